The highest BCUT2D eigenvalue weighted by Crippen LogP contribution is 2.13. The van der Waals surface area contributed by atoms with Crippen LogP contribution in [0.2, 0.25) is 0 Å². The molecule has 0 radical (unpaired) electrons. The third-order valence-electron chi connectivity index (χ3n) is 3.83. The highest BCUT2D eigenvalue weighted by molar-refractivity contribution is 5.98. The first-order chi connectivity index (χ1) is 12.3. The number of hydrogen-bond acceptors (Lipinski definition) is 9. The maximum atomic E-state index is 12.0. The first-order valence-corrected chi connectivity index (χ1v) is 8.00. The van der Waals surface area contributed by atoms with Crippen molar-refractivity contribution >= 4 is 28.9 Å². The molecule has 0 aliphatic heterocycles. The van der Waals surface area contributed by atoms with E-state index in [1.807, 2.05) is 0 Å². The number of esters is 1. The number of anilines is 1. The molecule has 2 atom stereocenters. The van der Waals surface area contributed by atoms with E-state index in [0.717, 1.165) is 0 Å². The molecule has 0 fully saturated rings. The zero-order valence-electron chi connectivity index (χ0n) is 14.6. The fourth-order valence-corrected chi connectivity index (χ4v) is 2.45. The molecule has 142 valence electrons. The van der Waals surface area contributed by atoms with Crippen LogP contribution in [0.5, 0.6) is 0 Å². The largest absolute Gasteiger partial charge is 0.463 e. The van der Waals surface area contributed by atoms with Crippen LogP contribution in [-0.4, -0.2) is 51.0 Å². The van der Waals surface area contributed by atoms with Gasteiger partial charge in [0.05, 0.1) is 12.9 Å². The summed E-state index contributed by atoms with van der Waals surface area (Å²) in [7, 11) is 0. The molecule has 0 saturated heterocycles. The lowest BCUT2D eigenvalue weighted by atomic mass is 9.91. The third-order valence-corrected chi connectivity index (χ3v) is 3.83. The smallest absolute Gasteiger partial charge is 0.316 e. The van der Waals surface area contributed by atoms with Gasteiger partial charge in [-0.1, -0.05) is 6.92 Å². The molecule has 0 amide bonds. The van der Waals surface area contributed by atoms with Gasteiger partial charge < -0.3 is 20.9 Å². The Balaban J connectivity index is 1.85. The third kappa shape index (κ3) is 4.43. The summed E-state index contributed by atoms with van der Waals surface area (Å²) in [4.78, 5) is 45.5. The van der Waals surface area contributed by atoms with Crippen LogP contribution >= 0.6 is 0 Å². The second-order valence-corrected chi connectivity index (χ2v) is 5.84. The zero-order chi connectivity index (χ0) is 19.3. The highest BCUT2D eigenvalue weighted by Gasteiger charge is 2.29. The minimum Gasteiger partial charge on any atom is -0.463 e. The summed E-state index contributed by atoms with van der Waals surface area (Å²) in [6.07, 6.45) is 1.40. The van der Waals surface area contributed by atoms with Crippen molar-refractivity contribution in [1.29, 1.82) is 0 Å². The fourth-order valence-electron chi connectivity index (χ4n) is 2.45. The summed E-state index contributed by atoms with van der Waals surface area (Å²) in [6.45, 7) is 3.36. The topological polar surface area (TPSA) is 168 Å². The number of aromatic amines is 1. The Kier molecular flexibility index (Phi) is 6.41. The second kappa shape index (κ2) is 8.54. The first kappa shape index (κ1) is 19.5. The first-order valence-electron chi connectivity index (χ1n) is 8.00. The van der Waals surface area contributed by atoms with Gasteiger partial charge in [-0.2, -0.15) is 4.98 Å². The van der Waals surface area contributed by atoms with Crippen LogP contribution in [0.15, 0.2) is 11.1 Å². The Labute approximate surface area is 148 Å². The molecule has 5 N–H and O–H groups in total. The van der Waals surface area contributed by atoms with Crippen molar-refractivity contribution in [3.8, 4) is 0 Å². The number of carbonyl (C=O) groups excluding carboxylic acids is 2. The van der Waals surface area contributed by atoms with Crippen LogP contribution in [0.25, 0.3) is 11.2 Å². The molecule has 11 nitrogen and oxygen atoms in total. The lowest BCUT2D eigenvalue weighted by Gasteiger charge is -2.18. The molecule has 0 aromatic carbocycles. The van der Waals surface area contributed by atoms with Crippen LogP contribution in [-0.2, 0) is 25.8 Å². The molecule has 0 spiro atoms. The van der Waals surface area contributed by atoms with E-state index in [2.05, 4.69) is 15.0 Å². The number of fused-ring (bicyclic) bond motifs is 1. The van der Waals surface area contributed by atoms with Gasteiger partial charge in [-0.3, -0.25) is 23.9 Å². The number of ether oxygens (including phenoxy) is 2. The van der Waals surface area contributed by atoms with Crippen LogP contribution in [0, 0.1) is 11.8 Å². The van der Waals surface area contributed by atoms with Crippen LogP contribution in [0.1, 0.15) is 13.8 Å². The standard InChI is InChI=1S/C15H22N6O5/c1-8(5-16)10(9(2)22)14(24)26-4-3-25-7-21-6-18-11-12(21)19-15(17)20-13(11)23/h6,8,10H,3-5,7,16H2,1-2H3,(H3,17,19,20,23). The normalized spacial score (nSPS) is 13.5. The van der Waals surface area contributed by atoms with Gasteiger partial charge in [-0.15, -0.1) is 0 Å². The van der Waals surface area contributed by atoms with E-state index in [9.17, 15) is 14.4 Å². The van der Waals surface area contributed by atoms with Crippen molar-refractivity contribution in [3.05, 3.63) is 16.7 Å². The summed E-state index contributed by atoms with van der Waals surface area (Å²) in [5, 5.41) is 0. The van der Waals surface area contributed by atoms with Crippen LogP contribution in [0.3, 0.4) is 0 Å². The molecule has 26 heavy (non-hydrogen) atoms. The lowest BCUT2D eigenvalue weighted by Crippen LogP contribution is -2.34. The van der Waals surface area contributed by atoms with Crippen molar-refractivity contribution in [2.45, 2.75) is 20.6 Å². The monoisotopic (exact) mass is 366 g/mol. The van der Waals surface area contributed by atoms with E-state index in [1.165, 1.54) is 17.8 Å². The van der Waals surface area contributed by atoms with Crippen molar-refractivity contribution in [1.82, 2.24) is 19.5 Å². The summed E-state index contributed by atoms with van der Waals surface area (Å²) in [6, 6.07) is 0. The molecule has 2 rings (SSSR count). The number of carbonyl (C=O) groups is 2. The molecule has 2 unspecified atom stereocenters. The Hall–Kier alpha value is -2.79. The van der Waals surface area contributed by atoms with Gasteiger partial charge in [0, 0.05) is 0 Å². The van der Waals surface area contributed by atoms with Crippen molar-refractivity contribution in [2.24, 2.45) is 17.6 Å². The number of imidazole rings is 1. The minimum absolute atomic E-state index is 0.0251. The molecule has 0 saturated carbocycles. The number of rotatable bonds is 9. The molecular weight excluding hydrogens is 344 g/mol. The minimum atomic E-state index is -0.878. The maximum absolute atomic E-state index is 12.0. The number of nitrogen functional groups attached to an aromatic ring is 1. The van der Waals surface area contributed by atoms with E-state index in [0.29, 0.717) is 0 Å². The lowest BCUT2D eigenvalue weighted by molar-refractivity contribution is -0.155. The Morgan fingerprint density at radius 2 is 2.12 bits per heavy atom. The van der Waals surface area contributed by atoms with Gasteiger partial charge in [-0.25, -0.2) is 4.98 Å². The van der Waals surface area contributed by atoms with Gasteiger partial charge in [0.25, 0.3) is 5.56 Å². The molecule has 2 aromatic rings. The number of nitrogens with two attached hydrogens (primary N) is 2. The number of H-pyrrole nitrogens is 1. The summed E-state index contributed by atoms with van der Waals surface area (Å²) >= 11 is 0. The van der Waals surface area contributed by atoms with Crippen molar-refractivity contribution < 1.29 is 19.1 Å². The SMILES string of the molecule is CC(=O)C(C(=O)OCCOCn1cnc2c(=O)[nH]c(N)nc21)C(C)CN. The average Bonchev–Trinajstić information content (AvgIpc) is 2.97. The van der Waals surface area contributed by atoms with E-state index in [-0.39, 0.29) is 55.3 Å². The van der Waals surface area contributed by atoms with E-state index in [4.69, 9.17) is 20.9 Å². The summed E-state index contributed by atoms with van der Waals surface area (Å²) in [5.41, 5.74) is 11.0. The van der Waals surface area contributed by atoms with Gasteiger partial charge in [0.1, 0.15) is 25.0 Å². The van der Waals surface area contributed by atoms with Crippen LogP contribution in [0.4, 0.5) is 5.95 Å². The van der Waals surface area contributed by atoms with Gasteiger partial charge in [0.2, 0.25) is 5.95 Å². The number of nitrogens with zero attached hydrogens (tertiary/aromatic N) is 3. The molecular formula is C15H22N6O5. The zero-order valence-corrected chi connectivity index (χ0v) is 14.6. The van der Waals surface area contributed by atoms with Gasteiger partial charge in [-0.05, 0) is 19.4 Å². The highest BCUT2D eigenvalue weighted by atomic mass is 16.6. The van der Waals surface area contributed by atoms with Crippen molar-refractivity contribution in [2.75, 3.05) is 25.5 Å². The van der Waals surface area contributed by atoms with E-state index < -0.39 is 17.4 Å². The predicted molar refractivity (Wildman–Crippen MR) is 91.9 cm³/mol. The molecule has 2 aromatic heterocycles. The second-order valence-electron chi connectivity index (χ2n) is 5.84. The Morgan fingerprint density at radius 1 is 1.38 bits per heavy atom. The van der Waals surface area contributed by atoms with Gasteiger partial charge >= 0.3 is 5.97 Å². The quantitative estimate of drug-likeness (QED) is 0.287. The maximum Gasteiger partial charge on any atom is 0.316 e. The number of aromatic nitrogens is 4. The van der Waals surface area contributed by atoms with E-state index >= 15 is 0 Å². The molecule has 0 bridgehead atoms. The molecule has 11 heteroatoms. The Bertz CT molecular complexity index is 845. The number of hydrogen-bond donors (Lipinski definition) is 3. The number of nitrogens with one attached hydrogen (secondary N) is 1. The van der Waals surface area contributed by atoms with Gasteiger partial charge in [0.15, 0.2) is 11.2 Å². The van der Waals surface area contributed by atoms with E-state index in [1.54, 1.807) is 6.92 Å². The van der Waals surface area contributed by atoms with Crippen molar-refractivity contribution in [3.63, 3.8) is 0 Å². The van der Waals surface area contributed by atoms with Crippen LogP contribution < -0.4 is 17.0 Å². The average molecular weight is 366 g/mol. The molecule has 2 heterocycles. The predicted octanol–water partition coefficient (Wildman–Crippen LogP) is -0.981. The summed E-state index contributed by atoms with van der Waals surface area (Å²) in [5.74, 6) is -2.10. The number of Topliss-reactive ketones (excluding diaryl/α,β-unsaturated/α-hetero) is 1. The summed E-state index contributed by atoms with van der Waals surface area (Å²) < 4.78 is 12.0. The number of ketones is 1. The molecule has 0 aliphatic carbocycles. The fraction of sp³-hybridized carbons (Fsp3) is 0.533. The Morgan fingerprint density at radius 3 is 2.77 bits per heavy atom. The molecule has 0 aliphatic rings.